The number of hydrogen-bond acceptors (Lipinski definition) is 3. The Morgan fingerprint density at radius 2 is 1.75 bits per heavy atom. The van der Waals surface area contributed by atoms with Gasteiger partial charge in [-0.25, -0.2) is 0 Å². The van der Waals surface area contributed by atoms with Crippen molar-refractivity contribution in [2.45, 2.75) is 59.5 Å². The average Bonchev–Trinajstić information content (AvgIpc) is 2.25. The molecule has 1 unspecified atom stereocenters. The standard InChI is InChI=1S/C13H28N2O/c1-6-15(7-2)12(5)8-9-13(16)10-14-11(3)4/h11-12,14H,6-10H2,1-5H3. The molecular weight excluding hydrogens is 200 g/mol. The molecule has 0 rings (SSSR count). The van der Waals surface area contributed by atoms with Crippen LogP contribution >= 0.6 is 0 Å². The summed E-state index contributed by atoms with van der Waals surface area (Å²) in [6, 6.07) is 0.905. The first kappa shape index (κ1) is 15.6. The molecule has 0 heterocycles. The molecule has 0 fully saturated rings. The highest BCUT2D eigenvalue weighted by molar-refractivity contribution is 5.80. The van der Waals surface area contributed by atoms with Crippen molar-refractivity contribution in [1.29, 1.82) is 0 Å². The molecule has 0 spiro atoms. The highest BCUT2D eigenvalue weighted by Gasteiger charge is 2.11. The smallest absolute Gasteiger partial charge is 0.146 e. The number of nitrogens with zero attached hydrogens (tertiary/aromatic N) is 1. The number of ketones is 1. The van der Waals surface area contributed by atoms with E-state index in [1.807, 2.05) is 0 Å². The molecule has 0 aliphatic heterocycles. The van der Waals surface area contributed by atoms with Gasteiger partial charge in [-0.15, -0.1) is 0 Å². The Labute approximate surface area is 101 Å². The van der Waals surface area contributed by atoms with Crippen molar-refractivity contribution in [2.24, 2.45) is 0 Å². The van der Waals surface area contributed by atoms with Crippen LogP contribution in [0.25, 0.3) is 0 Å². The molecule has 3 heteroatoms. The van der Waals surface area contributed by atoms with Crippen LogP contribution < -0.4 is 5.32 Å². The van der Waals surface area contributed by atoms with E-state index < -0.39 is 0 Å². The molecule has 0 amide bonds. The molecule has 0 bridgehead atoms. The maximum atomic E-state index is 11.6. The average molecular weight is 228 g/mol. The first-order chi connectivity index (χ1) is 7.51. The third-order valence-electron chi connectivity index (χ3n) is 2.98. The van der Waals surface area contributed by atoms with Gasteiger partial charge in [-0.1, -0.05) is 27.7 Å². The van der Waals surface area contributed by atoms with Crippen molar-refractivity contribution < 1.29 is 4.79 Å². The van der Waals surface area contributed by atoms with Gasteiger partial charge in [0.1, 0.15) is 5.78 Å². The van der Waals surface area contributed by atoms with Crippen LogP contribution in [-0.2, 0) is 4.79 Å². The predicted molar refractivity (Wildman–Crippen MR) is 69.8 cm³/mol. The lowest BCUT2D eigenvalue weighted by atomic mass is 10.1. The Kier molecular flexibility index (Phi) is 8.49. The zero-order valence-electron chi connectivity index (χ0n) is 11.5. The fourth-order valence-electron chi connectivity index (χ4n) is 1.81. The fourth-order valence-corrected chi connectivity index (χ4v) is 1.81. The Morgan fingerprint density at radius 1 is 1.19 bits per heavy atom. The van der Waals surface area contributed by atoms with Crippen LogP contribution in [0.5, 0.6) is 0 Å². The van der Waals surface area contributed by atoms with Gasteiger partial charge in [0.2, 0.25) is 0 Å². The summed E-state index contributed by atoms with van der Waals surface area (Å²) in [6.45, 7) is 13.3. The summed E-state index contributed by atoms with van der Waals surface area (Å²) in [7, 11) is 0. The van der Waals surface area contributed by atoms with E-state index in [0.717, 1.165) is 19.5 Å². The minimum absolute atomic E-state index is 0.327. The molecule has 0 aromatic heterocycles. The fraction of sp³-hybridized carbons (Fsp3) is 0.923. The van der Waals surface area contributed by atoms with Crippen LogP contribution in [0.4, 0.5) is 0 Å². The van der Waals surface area contributed by atoms with Crippen LogP contribution in [-0.4, -0.2) is 42.4 Å². The molecule has 0 radical (unpaired) electrons. The maximum absolute atomic E-state index is 11.6. The lowest BCUT2D eigenvalue weighted by Crippen LogP contribution is -2.34. The van der Waals surface area contributed by atoms with E-state index in [9.17, 15) is 4.79 Å². The highest BCUT2D eigenvalue weighted by atomic mass is 16.1. The van der Waals surface area contributed by atoms with Gasteiger partial charge in [-0.05, 0) is 26.4 Å². The number of hydrogen-bond donors (Lipinski definition) is 1. The second-order valence-electron chi connectivity index (χ2n) is 4.68. The first-order valence-corrected chi connectivity index (χ1v) is 6.50. The summed E-state index contributed by atoms with van der Waals surface area (Å²) >= 11 is 0. The Hall–Kier alpha value is -0.410. The quantitative estimate of drug-likeness (QED) is 0.655. The third kappa shape index (κ3) is 6.96. The molecule has 1 N–H and O–H groups in total. The summed E-state index contributed by atoms with van der Waals surface area (Å²) in [5, 5.41) is 3.16. The van der Waals surface area contributed by atoms with Crippen molar-refractivity contribution in [3.8, 4) is 0 Å². The second kappa shape index (κ2) is 8.71. The van der Waals surface area contributed by atoms with Crippen molar-refractivity contribution in [1.82, 2.24) is 10.2 Å². The molecule has 3 nitrogen and oxygen atoms in total. The Bertz CT molecular complexity index is 188. The van der Waals surface area contributed by atoms with Crippen molar-refractivity contribution in [3.63, 3.8) is 0 Å². The predicted octanol–water partition coefficient (Wildman–Crippen LogP) is 2.06. The van der Waals surface area contributed by atoms with Gasteiger partial charge in [-0.3, -0.25) is 4.79 Å². The Balaban J connectivity index is 3.73. The van der Waals surface area contributed by atoms with Crippen LogP contribution in [0.3, 0.4) is 0 Å². The summed E-state index contributed by atoms with van der Waals surface area (Å²) in [6.07, 6.45) is 1.66. The van der Waals surface area contributed by atoms with Gasteiger partial charge in [0.05, 0.1) is 6.54 Å². The van der Waals surface area contributed by atoms with Gasteiger partial charge in [0.25, 0.3) is 0 Å². The normalized spacial score (nSPS) is 13.4. The summed E-state index contributed by atoms with van der Waals surface area (Å²) in [4.78, 5) is 14.0. The van der Waals surface area contributed by atoms with E-state index in [1.165, 1.54) is 0 Å². The summed E-state index contributed by atoms with van der Waals surface area (Å²) in [5.41, 5.74) is 0. The van der Waals surface area contributed by atoms with Gasteiger partial charge in [-0.2, -0.15) is 0 Å². The highest BCUT2D eigenvalue weighted by Crippen LogP contribution is 2.06. The minimum atomic E-state index is 0.327. The lowest BCUT2D eigenvalue weighted by molar-refractivity contribution is -0.118. The molecule has 16 heavy (non-hydrogen) atoms. The van der Waals surface area contributed by atoms with Crippen LogP contribution in [0.15, 0.2) is 0 Å². The molecule has 0 saturated carbocycles. The zero-order chi connectivity index (χ0) is 12.6. The zero-order valence-corrected chi connectivity index (χ0v) is 11.5. The van der Waals surface area contributed by atoms with E-state index >= 15 is 0 Å². The van der Waals surface area contributed by atoms with E-state index in [0.29, 0.717) is 30.8 Å². The number of carbonyl (C=O) groups is 1. The minimum Gasteiger partial charge on any atom is -0.308 e. The van der Waals surface area contributed by atoms with Crippen LogP contribution in [0, 0.1) is 0 Å². The molecular formula is C13H28N2O. The number of rotatable bonds is 9. The van der Waals surface area contributed by atoms with Gasteiger partial charge in [0, 0.05) is 18.5 Å². The van der Waals surface area contributed by atoms with Crippen LogP contribution in [0.2, 0.25) is 0 Å². The van der Waals surface area contributed by atoms with Gasteiger partial charge >= 0.3 is 0 Å². The number of Topliss-reactive ketones (excluding diaryl/α,β-unsaturated/α-hetero) is 1. The van der Waals surface area contributed by atoms with E-state index in [4.69, 9.17) is 0 Å². The molecule has 0 aromatic rings. The number of carbonyl (C=O) groups excluding carboxylic acids is 1. The summed E-state index contributed by atoms with van der Waals surface area (Å²) < 4.78 is 0. The maximum Gasteiger partial charge on any atom is 0.146 e. The molecule has 96 valence electrons. The Morgan fingerprint density at radius 3 is 2.19 bits per heavy atom. The van der Waals surface area contributed by atoms with Crippen molar-refractivity contribution in [2.75, 3.05) is 19.6 Å². The van der Waals surface area contributed by atoms with E-state index in [-0.39, 0.29) is 0 Å². The molecule has 0 aliphatic rings. The van der Waals surface area contributed by atoms with E-state index in [1.54, 1.807) is 0 Å². The molecule has 0 saturated heterocycles. The van der Waals surface area contributed by atoms with Gasteiger partial charge in [0.15, 0.2) is 0 Å². The number of nitrogens with one attached hydrogen (secondary N) is 1. The largest absolute Gasteiger partial charge is 0.308 e. The molecule has 0 aliphatic carbocycles. The van der Waals surface area contributed by atoms with E-state index in [2.05, 4.69) is 44.8 Å². The molecule has 1 atom stereocenters. The summed E-state index contributed by atoms with van der Waals surface area (Å²) in [5.74, 6) is 0.327. The molecule has 0 aromatic carbocycles. The lowest BCUT2D eigenvalue weighted by Gasteiger charge is -2.26. The van der Waals surface area contributed by atoms with Crippen molar-refractivity contribution >= 4 is 5.78 Å². The van der Waals surface area contributed by atoms with Crippen LogP contribution in [0.1, 0.15) is 47.5 Å². The SMILES string of the molecule is CCN(CC)C(C)CCC(=O)CNC(C)C. The third-order valence-corrected chi connectivity index (χ3v) is 2.98. The second-order valence-corrected chi connectivity index (χ2v) is 4.68. The first-order valence-electron chi connectivity index (χ1n) is 6.50. The van der Waals surface area contributed by atoms with Gasteiger partial charge < -0.3 is 10.2 Å². The topological polar surface area (TPSA) is 32.3 Å². The van der Waals surface area contributed by atoms with Crippen molar-refractivity contribution in [3.05, 3.63) is 0 Å². The monoisotopic (exact) mass is 228 g/mol.